The van der Waals surface area contributed by atoms with Gasteiger partial charge in [0.1, 0.15) is 11.3 Å². The predicted molar refractivity (Wildman–Crippen MR) is 62.8 cm³/mol. The van der Waals surface area contributed by atoms with Gasteiger partial charge in [0, 0.05) is 17.0 Å². The van der Waals surface area contributed by atoms with Gasteiger partial charge in [0.15, 0.2) is 0 Å². The van der Waals surface area contributed by atoms with Gasteiger partial charge in [0.2, 0.25) is 0 Å². The smallest absolute Gasteiger partial charge is 0.423 e. The highest BCUT2D eigenvalue weighted by Gasteiger charge is 2.48. The Morgan fingerprint density at radius 3 is 2.40 bits per heavy atom. The number of halogens is 3. The zero-order chi connectivity index (χ0) is 15.1. The number of aryl methyl sites for hydroxylation is 1. The molecule has 0 spiro atoms. The van der Waals surface area contributed by atoms with E-state index in [-0.39, 0.29) is 16.5 Å². The maximum Gasteiger partial charge on any atom is 0.534 e. The Morgan fingerprint density at radius 1 is 1.15 bits per heavy atom. The Morgan fingerprint density at radius 2 is 1.80 bits per heavy atom. The van der Waals surface area contributed by atoms with Crippen LogP contribution in [0.3, 0.4) is 0 Å². The van der Waals surface area contributed by atoms with Gasteiger partial charge in [-0.1, -0.05) is 0 Å². The molecule has 0 radical (unpaired) electrons. The average Bonchev–Trinajstić information content (AvgIpc) is 2.31. The molecule has 0 amide bonds. The van der Waals surface area contributed by atoms with E-state index < -0.39 is 27.0 Å². The molecule has 20 heavy (non-hydrogen) atoms. The van der Waals surface area contributed by atoms with Crippen LogP contribution in [0.1, 0.15) is 5.56 Å². The van der Waals surface area contributed by atoms with E-state index in [2.05, 4.69) is 4.18 Å². The van der Waals surface area contributed by atoms with Gasteiger partial charge >= 0.3 is 21.3 Å². The quantitative estimate of drug-likeness (QED) is 0.483. The van der Waals surface area contributed by atoms with Crippen LogP contribution in [0.25, 0.3) is 11.0 Å². The van der Waals surface area contributed by atoms with Crippen molar-refractivity contribution in [2.45, 2.75) is 12.4 Å². The van der Waals surface area contributed by atoms with Gasteiger partial charge in [-0.15, -0.1) is 0 Å². The first-order valence-corrected chi connectivity index (χ1v) is 6.57. The number of alkyl halides is 3. The molecule has 0 atom stereocenters. The van der Waals surface area contributed by atoms with Crippen LogP contribution >= 0.6 is 0 Å². The number of hydrogen-bond donors (Lipinski definition) is 0. The molecule has 1 heterocycles. The molecule has 0 unspecified atom stereocenters. The Kier molecular flexibility index (Phi) is 3.24. The van der Waals surface area contributed by atoms with Crippen LogP contribution < -0.4 is 9.81 Å². The van der Waals surface area contributed by atoms with Crippen molar-refractivity contribution in [3.8, 4) is 5.75 Å². The van der Waals surface area contributed by atoms with Gasteiger partial charge in [-0.05, 0) is 25.1 Å². The van der Waals surface area contributed by atoms with Gasteiger partial charge in [0.25, 0.3) is 0 Å². The van der Waals surface area contributed by atoms with Crippen LogP contribution in [-0.4, -0.2) is 13.9 Å². The molecule has 0 aliphatic carbocycles. The average molecular weight is 308 g/mol. The SMILES string of the molecule is Cc1c(OS(=O)(=O)C(F)(F)F)ccc2oc(=O)ccc12. The zero-order valence-corrected chi connectivity index (χ0v) is 10.7. The molecule has 1 aromatic carbocycles. The largest absolute Gasteiger partial charge is 0.534 e. The summed E-state index contributed by atoms with van der Waals surface area (Å²) in [6.07, 6.45) is 0. The standard InChI is InChI=1S/C11H7F3O5S/c1-6-7-2-5-10(15)18-9(7)4-3-8(6)19-20(16,17)11(12,13)14/h2-5H,1H3. The normalized spacial score (nSPS) is 12.6. The lowest BCUT2D eigenvalue weighted by Crippen LogP contribution is -2.28. The highest BCUT2D eigenvalue weighted by atomic mass is 32.2. The van der Waals surface area contributed by atoms with Crippen molar-refractivity contribution >= 4 is 21.1 Å². The van der Waals surface area contributed by atoms with E-state index in [4.69, 9.17) is 4.42 Å². The number of benzene rings is 1. The monoisotopic (exact) mass is 308 g/mol. The van der Waals surface area contributed by atoms with Crippen molar-refractivity contribution in [2.75, 3.05) is 0 Å². The molecule has 0 aliphatic heterocycles. The summed E-state index contributed by atoms with van der Waals surface area (Å²) in [6, 6.07) is 4.52. The second kappa shape index (κ2) is 4.51. The van der Waals surface area contributed by atoms with Gasteiger partial charge in [-0.25, -0.2) is 4.79 Å². The Balaban J connectivity index is 2.55. The summed E-state index contributed by atoms with van der Waals surface area (Å²) in [5, 5.41) is 0.277. The molecule has 0 saturated carbocycles. The Bertz CT molecular complexity index is 820. The van der Waals surface area contributed by atoms with E-state index in [1.54, 1.807) is 0 Å². The minimum Gasteiger partial charge on any atom is -0.423 e. The van der Waals surface area contributed by atoms with Gasteiger partial charge < -0.3 is 8.60 Å². The minimum absolute atomic E-state index is 0.110. The van der Waals surface area contributed by atoms with Crippen LogP contribution in [0, 0.1) is 6.92 Å². The van der Waals surface area contributed by atoms with E-state index in [0.717, 1.165) is 18.2 Å². The first-order valence-electron chi connectivity index (χ1n) is 5.16. The topological polar surface area (TPSA) is 73.6 Å². The van der Waals surface area contributed by atoms with Gasteiger partial charge in [0.05, 0.1) is 0 Å². The molecule has 5 nitrogen and oxygen atoms in total. The number of rotatable bonds is 2. The van der Waals surface area contributed by atoms with Crippen LogP contribution in [0.5, 0.6) is 5.75 Å². The highest BCUT2D eigenvalue weighted by molar-refractivity contribution is 7.88. The number of hydrogen-bond acceptors (Lipinski definition) is 5. The van der Waals surface area contributed by atoms with Crippen LogP contribution in [0.4, 0.5) is 13.2 Å². The van der Waals surface area contributed by atoms with Crippen molar-refractivity contribution in [1.29, 1.82) is 0 Å². The molecule has 0 aliphatic rings. The molecule has 0 N–H and O–H groups in total. The maximum absolute atomic E-state index is 12.2. The third-order valence-electron chi connectivity index (χ3n) is 2.50. The molecule has 0 fully saturated rings. The van der Waals surface area contributed by atoms with E-state index in [1.807, 2.05) is 0 Å². The molecule has 2 rings (SSSR count). The molecular weight excluding hydrogens is 301 g/mol. The second-order valence-electron chi connectivity index (χ2n) is 3.84. The fourth-order valence-corrected chi connectivity index (χ4v) is 2.04. The van der Waals surface area contributed by atoms with Crippen molar-refractivity contribution in [1.82, 2.24) is 0 Å². The van der Waals surface area contributed by atoms with Crippen LogP contribution in [-0.2, 0) is 10.1 Å². The lowest BCUT2D eigenvalue weighted by atomic mass is 10.1. The molecular formula is C11H7F3O5S. The van der Waals surface area contributed by atoms with Crippen molar-refractivity contribution in [2.24, 2.45) is 0 Å². The summed E-state index contributed by atoms with van der Waals surface area (Å²) in [4.78, 5) is 11.0. The zero-order valence-electron chi connectivity index (χ0n) is 9.89. The molecule has 2 aromatic rings. The first kappa shape index (κ1) is 14.4. The van der Waals surface area contributed by atoms with E-state index in [9.17, 15) is 26.4 Å². The summed E-state index contributed by atoms with van der Waals surface area (Å²) in [6.45, 7) is 1.35. The van der Waals surface area contributed by atoms with Gasteiger partial charge in [-0.2, -0.15) is 21.6 Å². The van der Waals surface area contributed by atoms with Crippen LogP contribution in [0.2, 0.25) is 0 Å². The fourth-order valence-electron chi connectivity index (χ4n) is 1.53. The fraction of sp³-hybridized carbons (Fsp3) is 0.182. The summed E-state index contributed by atoms with van der Waals surface area (Å²) < 4.78 is 67.5. The lowest BCUT2D eigenvalue weighted by Gasteiger charge is -2.12. The first-order chi connectivity index (χ1) is 9.12. The lowest BCUT2D eigenvalue weighted by molar-refractivity contribution is -0.0500. The number of fused-ring (bicyclic) bond motifs is 1. The highest BCUT2D eigenvalue weighted by Crippen LogP contribution is 2.31. The third kappa shape index (κ3) is 2.48. The summed E-state index contributed by atoms with van der Waals surface area (Å²) in [5.74, 6) is -0.483. The molecule has 9 heteroatoms. The molecule has 0 saturated heterocycles. The molecule has 108 valence electrons. The maximum atomic E-state index is 12.2. The van der Waals surface area contributed by atoms with Crippen molar-refractivity contribution < 1.29 is 30.2 Å². The van der Waals surface area contributed by atoms with E-state index in [1.165, 1.54) is 13.0 Å². The van der Waals surface area contributed by atoms with E-state index >= 15 is 0 Å². The third-order valence-corrected chi connectivity index (χ3v) is 3.47. The minimum atomic E-state index is -5.74. The summed E-state index contributed by atoms with van der Waals surface area (Å²) >= 11 is 0. The van der Waals surface area contributed by atoms with E-state index in [0.29, 0.717) is 0 Å². The van der Waals surface area contributed by atoms with Crippen molar-refractivity contribution in [3.63, 3.8) is 0 Å². The molecule has 0 bridgehead atoms. The second-order valence-corrected chi connectivity index (χ2v) is 5.38. The summed E-state index contributed by atoms with van der Waals surface area (Å²) in [7, 11) is -5.74. The van der Waals surface area contributed by atoms with Crippen molar-refractivity contribution in [3.05, 3.63) is 40.2 Å². The predicted octanol–water partition coefficient (Wildman–Crippen LogP) is 2.33. The molecule has 1 aromatic heterocycles. The van der Waals surface area contributed by atoms with Gasteiger partial charge in [-0.3, -0.25) is 0 Å². The summed E-state index contributed by atoms with van der Waals surface area (Å²) in [5.41, 5.74) is -5.92. The van der Waals surface area contributed by atoms with Crippen LogP contribution in [0.15, 0.2) is 33.5 Å². The Labute approximate surface area is 110 Å². The Hall–Kier alpha value is -2.03.